The molecule has 1 aromatic carbocycles. The molecular formula is C12H17NO3S. The van der Waals surface area contributed by atoms with Crippen LogP contribution in [0.15, 0.2) is 29.2 Å². The van der Waals surface area contributed by atoms with E-state index in [1.165, 1.54) is 0 Å². The molecule has 2 rings (SSSR count). The van der Waals surface area contributed by atoms with Crippen molar-refractivity contribution in [2.24, 2.45) is 0 Å². The zero-order valence-electron chi connectivity index (χ0n) is 10.0. The molecule has 0 fully saturated rings. The summed E-state index contributed by atoms with van der Waals surface area (Å²) < 4.78 is 28.9. The monoisotopic (exact) mass is 255 g/mol. The van der Waals surface area contributed by atoms with E-state index in [4.69, 9.17) is 4.74 Å². The van der Waals surface area contributed by atoms with Gasteiger partial charge in [0.1, 0.15) is 0 Å². The van der Waals surface area contributed by atoms with Gasteiger partial charge in [0, 0.05) is 19.2 Å². The van der Waals surface area contributed by atoms with Crippen LogP contribution in [0.25, 0.3) is 0 Å². The first kappa shape index (κ1) is 12.5. The summed E-state index contributed by atoms with van der Waals surface area (Å²) in [4.78, 5) is 0.460. The van der Waals surface area contributed by atoms with Gasteiger partial charge in [-0.3, -0.25) is 0 Å². The third-order valence-electron chi connectivity index (χ3n) is 2.92. The van der Waals surface area contributed by atoms with Crippen LogP contribution in [0.4, 0.5) is 0 Å². The zero-order chi connectivity index (χ0) is 12.5. The lowest BCUT2D eigenvalue weighted by atomic mass is 10.1. The number of fused-ring (bicyclic) bond motifs is 1. The maximum Gasteiger partial charge on any atom is 0.180 e. The molecule has 0 amide bonds. The number of hydrogen-bond acceptors (Lipinski definition) is 4. The van der Waals surface area contributed by atoms with E-state index in [2.05, 4.69) is 5.32 Å². The number of nitrogens with one attached hydrogen (secondary N) is 1. The van der Waals surface area contributed by atoms with Gasteiger partial charge in [0.15, 0.2) is 9.84 Å². The van der Waals surface area contributed by atoms with Crippen LogP contribution in [-0.4, -0.2) is 33.9 Å². The van der Waals surface area contributed by atoms with E-state index in [1.807, 2.05) is 19.1 Å². The third kappa shape index (κ3) is 2.51. The van der Waals surface area contributed by atoms with Crippen LogP contribution in [-0.2, 0) is 14.6 Å². The molecule has 0 saturated heterocycles. The van der Waals surface area contributed by atoms with E-state index >= 15 is 0 Å². The lowest BCUT2D eigenvalue weighted by Crippen LogP contribution is -2.34. The first-order valence-electron chi connectivity index (χ1n) is 5.61. The van der Waals surface area contributed by atoms with Crippen LogP contribution >= 0.6 is 0 Å². The minimum absolute atomic E-state index is 0.124. The van der Waals surface area contributed by atoms with Crippen molar-refractivity contribution in [1.82, 2.24) is 5.32 Å². The molecule has 0 radical (unpaired) electrons. The van der Waals surface area contributed by atoms with Crippen LogP contribution in [0.2, 0.25) is 0 Å². The Labute approximate surface area is 102 Å². The first-order chi connectivity index (χ1) is 8.04. The molecule has 5 heteroatoms. The Kier molecular flexibility index (Phi) is 3.51. The van der Waals surface area contributed by atoms with Gasteiger partial charge in [-0.15, -0.1) is 0 Å². The summed E-state index contributed by atoms with van der Waals surface area (Å²) >= 11 is 0. The van der Waals surface area contributed by atoms with Gasteiger partial charge in [-0.2, -0.15) is 0 Å². The van der Waals surface area contributed by atoms with Gasteiger partial charge in [0.2, 0.25) is 0 Å². The molecule has 2 atom stereocenters. The predicted molar refractivity (Wildman–Crippen MR) is 65.7 cm³/mol. The van der Waals surface area contributed by atoms with Crippen LogP contribution in [0, 0.1) is 0 Å². The highest BCUT2D eigenvalue weighted by atomic mass is 32.2. The largest absolute Gasteiger partial charge is 0.383 e. The topological polar surface area (TPSA) is 55.4 Å². The van der Waals surface area contributed by atoms with E-state index in [9.17, 15) is 8.42 Å². The minimum Gasteiger partial charge on any atom is -0.383 e. The van der Waals surface area contributed by atoms with Gasteiger partial charge in [-0.1, -0.05) is 18.2 Å². The molecule has 0 saturated carbocycles. The summed E-state index contributed by atoms with van der Waals surface area (Å²) in [6.07, 6.45) is 0. The van der Waals surface area contributed by atoms with Crippen LogP contribution in [0.5, 0.6) is 0 Å². The average molecular weight is 255 g/mol. The fourth-order valence-corrected chi connectivity index (χ4v) is 3.98. The van der Waals surface area contributed by atoms with Crippen molar-refractivity contribution in [2.75, 3.05) is 19.5 Å². The quantitative estimate of drug-likeness (QED) is 0.876. The van der Waals surface area contributed by atoms with Gasteiger partial charge in [0.05, 0.1) is 17.3 Å². The van der Waals surface area contributed by atoms with Crippen LogP contribution in [0.1, 0.15) is 18.5 Å². The molecule has 2 unspecified atom stereocenters. The summed E-state index contributed by atoms with van der Waals surface area (Å²) in [7, 11) is -1.48. The highest BCUT2D eigenvalue weighted by Crippen LogP contribution is 2.33. The maximum absolute atomic E-state index is 11.9. The summed E-state index contributed by atoms with van der Waals surface area (Å²) in [6, 6.07) is 7.18. The molecular weight excluding hydrogens is 238 g/mol. The number of sulfone groups is 1. The predicted octanol–water partition coefficient (Wildman–Crippen LogP) is 1.14. The summed E-state index contributed by atoms with van der Waals surface area (Å²) in [5.41, 5.74) is 0.871. The molecule has 1 aliphatic rings. The Bertz CT molecular complexity index is 498. The second-order valence-corrected chi connectivity index (χ2v) is 6.40. The van der Waals surface area contributed by atoms with Crippen molar-refractivity contribution in [3.63, 3.8) is 0 Å². The maximum atomic E-state index is 11.9. The summed E-state index contributed by atoms with van der Waals surface area (Å²) in [5, 5.41) is 3.29. The molecule has 1 aromatic rings. The number of hydrogen-bond donors (Lipinski definition) is 1. The second kappa shape index (κ2) is 4.76. The molecule has 1 heterocycles. The molecule has 4 nitrogen and oxygen atoms in total. The molecule has 17 heavy (non-hydrogen) atoms. The van der Waals surface area contributed by atoms with Crippen molar-refractivity contribution in [3.8, 4) is 0 Å². The highest BCUT2D eigenvalue weighted by Gasteiger charge is 2.34. The van der Waals surface area contributed by atoms with Crippen molar-refractivity contribution < 1.29 is 13.2 Å². The Hall–Kier alpha value is -0.910. The van der Waals surface area contributed by atoms with Crippen LogP contribution < -0.4 is 5.32 Å². The normalized spacial score (nSPS) is 23.3. The molecule has 1 aliphatic heterocycles. The number of benzene rings is 1. The van der Waals surface area contributed by atoms with E-state index in [0.717, 1.165) is 5.56 Å². The third-order valence-corrected chi connectivity index (χ3v) is 4.73. The van der Waals surface area contributed by atoms with E-state index in [-0.39, 0.29) is 17.8 Å². The standard InChI is InChI=1S/C12H17NO3S/c1-9(7-16-2)13-11-8-17(14,15)12-6-4-3-5-10(11)12/h3-6,9,11,13H,7-8H2,1-2H3. The number of ether oxygens (including phenoxy) is 1. The number of methoxy groups -OCH3 is 1. The van der Waals surface area contributed by atoms with E-state index in [1.54, 1.807) is 19.2 Å². The van der Waals surface area contributed by atoms with Crippen LogP contribution in [0.3, 0.4) is 0 Å². The molecule has 0 bridgehead atoms. The van der Waals surface area contributed by atoms with Gasteiger partial charge in [-0.05, 0) is 18.6 Å². The summed E-state index contributed by atoms with van der Waals surface area (Å²) in [6.45, 7) is 2.55. The van der Waals surface area contributed by atoms with E-state index in [0.29, 0.717) is 11.5 Å². The van der Waals surface area contributed by atoms with Crippen molar-refractivity contribution in [1.29, 1.82) is 0 Å². The Morgan fingerprint density at radius 3 is 2.88 bits per heavy atom. The van der Waals surface area contributed by atoms with Gasteiger partial charge >= 0.3 is 0 Å². The Morgan fingerprint density at radius 1 is 1.47 bits per heavy atom. The average Bonchev–Trinajstić information content (AvgIpc) is 2.52. The van der Waals surface area contributed by atoms with Crippen molar-refractivity contribution in [3.05, 3.63) is 29.8 Å². The fraction of sp³-hybridized carbons (Fsp3) is 0.500. The van der Waals surface area contributed by atoms with Gasteiger partial charge in [-0.25, -0.2) is 8.42 Å². The summed E-state index contributed by atoms with van der Waals surface area (Å²) in [5.74, 6) is 0.139. The molecule has 0 spiro atoms. The zero-order valence-corrected chi connectivity index (χ0v) is 10.8. The SMILES string of the molecule is COCC(C)NC1CS(=O)(=O)c2ccccc21. The van der Waals surface area contributed by atoms with Gasteiger partial charge < -0.3 is 10.1 Å². The lowest BCUT2D eigenvalue weighted by molar-refractivity contribution is 0.168. The molecule has 0 aliphatic carbocycles. The highest BCUT2D eigenvalue weighted by molar-refractivity contribution is 7.91. The number of rotatable bonds is 4. The fourth-order valence-electron chi connectivity index (χ4n) is 2.23. The van der Waals surface area contributed by atoms with Crippen molar-refractivity contribution in [2.45, 2.75) is 23.9 Å². The molecule has 0 aromatic heterocycles. The smallest absolute Gasteiger partial charge is 0.180 e. The minimum atomic E-state index is -3.12. The van der Waals surface area contributed by atoms with Gasteiger partial charge in [0.25, 0.3) is 0 Å². The first-order valence-corrected chi connectivity index (χ1v) is 7.26. The molecule has 1 N–H and O–H groups in total. The Morgan fingerprint density at radius 2 is 2.18 bits per heavy atom. The lowest BCUT2D eigenvalue weighted by Gasteiger charge is -2.18. The molecule has 94 valence electrons. The van der Waals surface area contributed by atoms with Crippen molar-refractivity contribution >= 4 is 9.84 Å². The Balaban J connectivity index is 2.23. The second-order valence-electron chi connectivity index (χ2n) is 4.39. The van der Waals surface area contributed by atoms with E-state index < -0.39 is 9.84 Å².